The van der Waals surface area contributed by atoms with Gasteiger partial charge in [0.15, 0.2) is 0 Å². The topological polar surface area (TPSA) is 57.8 Å². The van der Waals surface area contributed by atoms with Crippen LogP contribution in [0.3, 0.4) is 0 Å². The number of nitrogens with zero attached hydrogens (tertiary/aromatic N) is 2. The molecule has 0 aliphatic carbocycles. The van der Waals surface area contributed by atoms with Crippen molar-refractivity contribution in [2.45, 2.75) is 19.1 Å². The molecule has 0 bridgehead atoms. The number of carbonyl (C=O) groups is 1. The van der Waals surface area contributed by atoms with E-state index in [1.807, 2.05) is 35.0 Å². The predicted molar refractivity (Wildman–Crippen MR) is 101 cm³/mol. The number of alkyl halides is 3. The summed E-state index contributed by atoms with van der Waals surface area (Å²) in [6.07, 6.45) is 0.612. The van der Waals surface area contributed by atoms with Crippen LogP contribution in [0.1, 0.15) is 17.5 Å². The van der Waals surface area contributed by atoms with Gasteiger partial charge in [0, 0.05) is 41.0 Å². The van der Waals surface area contributed by atoms with Crippen LogP contribution in [-0.4, -0.2) is 10.5 Å². The van der Waals surface area contributed by atoms with Gasteiger partial charge in [-0.3, -0.25) is 4.79 Å². The third-order valence-corrected chi connectivity index (χ3v) is 4.16. The molecule has 1 N–H and O–H groups in total. The number of benzene rings is 2. The van der Waals surface area contributed by atoms with Gasteiger partial charge in [-0.05, 0) is 30.3 Å². The highest BCUT2D eigenvalue weighted by atomic mass is 19.4. The maximum Gasteiger partial charge on any atom is 0.416 e. The molecule has 1 aromatic heterocycles. The van der Waals surface area contributed by atoms with Gasteiger partial charge >= 0.3 is 6.18 Å². The third-order valence-electron chi connectivity index (χ3n) is 4.16. The molecule has 0 fully saturated rings. The minimum absolute atomic E-state index is 0.0703. The maximum atomic E-state index is 12.8. The zero-order valence-electron chi connectivity index (χ0n) is 14.7. The molecule has 2 aromatic carbocycles. The molecular formula is C21H16F3N3O. The van der Waals surface area contributed by atoms with Gasteiger partial charge in [-0.15, -0.1) is 0 Å². The van der Waals surface area contributed by atoms with Crippen LogP contribution >= 0.6 is 0 Å². The first-order valence-electron chi connectivity index (χ1n) is 8.49. The highest BCUT2D eigenvalue weighted by Crippen LogP contribution is 2.30. The van der Waals surface area contributed by atoms with Crippen LogP contribution in [0.2, 0.25) is 0 Å². The number of halogens is 3. The molecule has 1 amide bonds. The normalized spacial score (nSPS) is 11.6. The number of nitrogens with one attached hydrogen (secondary N) is 1. The van der Waals surface area contributed by atoms with E-state index < -0.39 is 17.6 Å². The lowest BCUT2D eigenvalue weighted by atomic mass is 10.1. The van der Waals surface area contributed by atoms with Gasteiger partial charge in [0.05, 0.1) is 18.1 Å². The van der Waals surface area contributed by atoms with Crippen LogP contribution in [0.5, 0.6) is 0 Å². The number of aromatic nitrogens is 1. The van der Waals surface area contributed by atoms with Gasteiger partial charge in [0.25, 0.3) is 0 Å². The average molecular weight is 383 g/mol. The number of rotatable bonds is 5. The number of hydrogen-bond donors (Lipinski definition) is 1. The van der Waals surface area contributed by atoms with E-state index in [2.05, 4.69) is 11.4 Å². The first-order chi connectivity index (χ1) is 13.4. The van der Waals surface area contributed by atoms with Gasteiger partial charge in [-0.1, -0.05) is 24.3 Å². The van der Waals surface area contributed by atoms with Crippen molar-refractivity contribution in [2.24, 2.45) is 0 Å². The second kappa shape index (κ2) is 8.01. The Morgan fingerprint density at radius 1 is 1.18 bits per heavy atom. The van der Waals surface area contributed by atoms with E-state index in [1.54, 1.807) is 6.08 Å². The molecule has 3 aromatic rings. The fourth-order valence-electron chi connectivity index (χ4n) is 2.89. The largest absolute Gasteiger partial charge is 0.416 e. The SMILES string of the molecule is N#CCCn1cc(/C=C/C(=O)Nc2cccc(C(F)(F)F)c2)c2ccccc21. The molecule has 142 valence electrons. The Labute approximate surface area is 159 Å². The van der Waals surface area contributed by atoms with Crippen LogP contribution < -0.4 is 5.32 Å². The fourth-order valence-corrected chi connectivity index (χ4v) is 2.89. The van der Waals surface area contributed by atoms with Crippen LogP contribution in [0.4, 0.5) is 18.9 Å². The van der Waals surface area contributed by atoms with Crippen LogP contribution in [0.15, 0.2) is 60.8 Å². The fraction of sp³-hybridized carbons (Fsp3) is 0.143. The van der Waals surface area contributed by atoms with Crippen LogP contribution in [0.25, 0.3) is 17.0 Å². The highest BCUT2D eigenvalue weighted by molar-refractivity contribution is 6.03. The van der Waals surface area contributed by atoms with Crippen molar-refractivity contribution in [2.75, 3.05) is 5.32 Å². The Hall–Kier alpha value is -3.53. The molecule has 0 saturated heterocycles. The Kier molecular flexibility index (Phi) is 5.50. The standard InChI is InChI=1S/C21H16F3N3O/c22-21(23,24)16-5-3-6-17(13-16)26-20(28)10-9-15-14-27(12-4-11-25)19-8-2-1-7-18(15)19/h1-3,5-10,13-14H,4,12H2,(H,26,28)/b10-9+. The number of carbonyl (C=O) groups excluding carboxylic acids is 1. The number of hydrogen-bond acceptors (Lipinski definition) is 2. The van der Waals surface area contributed by atoms with E-state index in [0.29, 0.717) is 13.0 Å². The van der Waals surface area contributed by atoms with Crippen LogP contribution in [0, 0.1) is 11.3 Å². The number of aryl methyl sites for hydroxylation is 1. The minimum Gasteiger partial charge on any atom is -0.346 e. The summed E-state index contributed by atoms with van der Waals surface area (Å²) in [6, 6.07) is 14.2. The summed E-state index contributed by atoms with van der Waals surface area (Å²) in [4.78, 5) is 12.1. The second-order valence-electron chi connectivity index (χ2n) is 6.10. The number of amides is 1. The lowest BCUT2D eigenvalue weighted by Crippen LogP contribution is -2.10. The Bertz CT molecular complexity index is 1070. The molecule has 0 spiro atoms. The van der Waals surface area contributed by atoms with Crippen LogP contribution in [-0.2, 0) is 17.5 Å². The van der Waals surface area contributed by atoms with Gasteiger partial charge in [-0.2, -0.15) is 18.4 Å². The molecule has 7 heteroatoms. The smallest absolute Gasteiger partial charge is 0.346 e. The molecule has 28 heavy (non-hydrogen) atoms. The van der Waals surface area contributed by atoms with Gasteiger partial charge in [0.2, 0.25) is 5.91 Å². The third kappa shape index (κ3) is 4.41. The summed E-state index contributed by atoms with van der Waals surface area (Å²) < 4.78 is 40.2. The van der Waals surface area contributed by atoms with Gasteiger partial charge in [0.1, 0.15) is 0 Å². The van der Waals surface area contributed by atoms with Gasteiger partial charge in [-0.25, -0.2) is 0 Å². The number of para-hydroxylation sites is 1. The minimum atomic E-state index is -4.47. The summed E-state index contributed by atoms with van der Waals surface area (Å²) in [5.41, 5.74) is 0.971. The molecule has 4 nitrogen and oxygen atoms in total. The molecule has 0 atom stereocenters. The van der Waals surface area contributed by atoms with Crippen molar-refractivity contribution in [1.82, 2.24) is 4.57 Å². The molecule has 0 aliphatic rings. The van der Waals surface area contributed by atoms with Gasteiger partial charge < -0.3 is 9.88 Å². The monoisotopic (exact) mass is 383 g/mol. The first-order valence-corrected chi connectivity index (χ1v) is 8.49. The summed E-state index contributed by atoms with van der Waals surface area (Å²) in [7, 11) is 0. The second-order valence-corrected chi connectivity index (χ2v) is 6.10. The number of fused-ring (bicyclic) bond motifs is 1. The van der Waals surface area contributed by atoms with Crippen molar-refractivity contribution in [3.8, 4) is 6.07 Å². The van der Waals surface area contributed by atoms with Crippen molar-refractivity contribution in [3.05, 3.63) is 71.9 Å². The van der Waals surface area contributed by atoms with Crippen molar-refractivity contribution >= 4 is 28.6 Å². The quantitative estimate of drug-likeness (QED) is 0.614. The zero-order chi connectivity index (χ0) is 20.1. The zero-order valence-corrected chi connectivity index (χ0v) is 14.7. The number of anilines is 1. The Morgan fingerprint density at radius 2 is 1.96 bits per heavy atom. The predicted octanol–water partition coefficient (Wildman–Crippen LogP) is 5.23. The van der Waals surface area contributed by atoms with E-state index >= 15 is 0 Å². The molecule has 0 saturated carbocycles. The maximum absolute atomic E-state index is 12.8. The van der Waals surface area contributed by atoms with Crippen molar-refractivity contribution in [1.29, 1.82) is 5.26 Å². The molecule has 0 aliphatic heterocycles. The molecule has 1 heterocycles. The first kappa shape index (κ1) is 19.2. The number of nitriles is 1. The van der Waals surface area contributed by atoms with Crippen molar-refractivity contribution < 1.29 is 18.0 Å². The van der Waals surface area contributed by atoms with E-state index in [4.69, 9.17) is 5.26 Å². The lowest BCUT2D eigenvalue weighted by molar-refractivity contribution is -0.137. The van der Waals surface area contributed by atoms with Crippen molar-refractivity contribution in [3.63, 3.8) is 0 Å². The summed E-state index contributed by atoms with van der Waals surface area (Å²) in [6.45, 7) is 0.529. The van der Waals surface area contributed by atoms with E-state index in [-0.39, 0.29) is 5.69 Å². The summed E-state index contributed by atoms with van der Waals surface area (Å²) >= 11 is 0. The van der Waals surface area contributed by atoms with E-state index in [0.717, 1.165) is 28.6 Å². The molecular weight excluding hydrogens is 367 g/mol. The van der Waals surface area contributed by atoms with E-state index in [1.165, 1.54) is 18.2 Å². The molecule has 3 rings (SSSR count). The highest BCUT2D eigenvalue weighted by Gasteiger charge is 2.30. The summed E-state index contributed by atoms with van der Waals surface area (Å²) in [5, 5.41) is 12.2. The average Bonchev–Trinajstić information content (AvgIpc) is 3.02. The summed E-state index contributed by atoms with van der Waals surface area (Å²) in [5.74, 6) is -0.534. The molecule has 0 unspecified atom stereocenters. The Morgan fingerprint density at radius 3 is 2.71 bits per heavy atom. The van der Waals surface area contributed by atoms with E-state index in [9.17, 15) is 18.0 Å². The lowest BCUT2D eigenvalue weighted by Gasteiger charge is -2.08. The Balaban J connectivity index is 1.79. The molecule has 0 radical (unpaired) electrons.